The second kappa shape index (κ2) is 9.40. The maximum Gasteiger partial charge on any atom is 0.227 e. The Bertz CT molecular complexity index is 1210. The van der Waals surface area contributed by atoms with Crippen molar-refractivity contribution in [3.05, 3.63) is 41.7 Å². The molecule has 1 saturated carbocycles. The summed E-state index contributed by atoms with van der Waals surface area (Å²) in [4.78, 5) is 14.2. The van der Waals surface area contributed by atoms with Gasteiger partial charge in [0.15, 0.2) is 17.0 Å². The van der Waals surface area contributed by atoms with Crippen molar-refractivity contribution in [2.75, 3.05) is 10.6 Å². The molecule has 1 aliphatic rings. The molecule has 0 unspecified atom stereocenters. The van der Waals surface area contributed by atoms with E-state index in [1.54, 1.807) is 11.3 Å². The van der Waals surface area contributed by atoms with Crippen LogP contribution >= 0.6 is 11.3 Å². The van der Waals surface area contributed by atoms with Gasteiger partial charge < -0.3 is 20.9 Å². The number of hydrogen-bond acceptors (Lipinski definition) is 9. The van der Waals surface area contributed by atoms with Gasteiger partial charge in [0.2, 0.25) is 5.95 Å². The Hall–Kier alpha value is -3.11. The van der Waals surface area contributed by atoms with Crippen molar-refractivity contribution >= 4 is 34.3 Å². The molecule has 4 N–H and O–H groups in total. The van der Waals surface area contributed by atoms with Gasteiger partial charge in [-0.05, 0) is 39.5 Å². The van der Waals surface area contributed by atoms with Gasteiger partial charge in [-0.1, -0.05) is 41.7 Å². The van der Waals surface area contributed by atoms with Crippen molar-refractivity contribution in [2.24, 2.45) is 5.73 Å². The van der Waals surface area contributed by atoms with Crippen LogP contribution in [0.15, 0.2) is 36.7 Å². The van der Waals surface area contributed by atoms with E-state index in [1.807, 2.05) is 36.7 Å². The van der Waals surface area contributed by atoms with E-state index in [4.69, 9.17) is 15.7 Å². The van der Waals surface area contributed by atoms with Gasteiger partial charge in [0.05, 0.1) is 12.9 Å². The van der Waals surface area contributed by atoms with Crippen molar-refractivity contribution in [2.45, 2.75) is 64.2 Å². The fraction of sp³-hybridized carbons (Fsp3) is 0.435. The minimum Gasteiger partial charge on any atom is -0.361 e. The first-order chi connectivity index (χ1) is 16.1. The molecule has 4 aromatic rings. The van der Waals surface area contributed by atoms with Crippen molar-refractivity contribution in [3.63, 3.8) is 0 Å². The molecule has 0 amide bonds. The largest absolute Gasteiger partial charge is 0.361 e. The zero-order chi connectivity index (χ0) is 22.8. The van der Waals surface area contributed by atoms with Crippen LogP contribution in [-0.2, 0) is 6.54 Å². The van der Waals surface area contributed by atoms with E-state index in [2.05, 4.69) is 44.2 Å². The summed E-state index contributed by atoms with van der Waals surface area (Å²) in [5, 5.41) is 17.4. The minimum absolute atomic E-state index is 0.245. The third-order valence-electron chi connectivity index (χ3n) is 5.98. The fourth-order valence-corrected chi connectivity index (χ4v) is 4.89. The summed E-state index contributed by atoms with van der Waals surface area (Å²) in [5.41, 5.74) is 8.72. The average molecular weight is 464 g/mol. The maximum atomic E-state index is 6.07. The van der Waals surface area contributed by atoms with Gasteiger partial charge >= 0.3 is 0 Å². The van der Waals surface area contributed by atoms with Gasteiger partial charge in [0.1, 0.15) is 10.0 Å². The highest BCUT2D eigenvalue weighted by molar-refractivity contribution is 7.14. The molecule has 172 valence electrons. The second-order valence-electron chi connectivity index (χ2n) is 8.79. The monoisotopic (exact) mass is 463 g/mol. The van der Waals surface area contributed by atoms with Crippen LogP contribution in [0.5, 0.6) is 0 Å². The van der Waals surface area contributed by atoms with Crippen LogP contribution in [-0.4, -0.2) is 41.8 Å². The van der Waals surface area contributed by atoms with Crippen molar-refractivity contribution in [3.8, 4) is 10.6 Å². The van der Waals surface area contributed by atoms with Crippen LogP contribution in [0.2, 0.25) is 0 Å². The van der Waals surface area contributed by atoms with E-state index in [1.165, 1.54) is 0 Å². The first-order valence-corrected chi connectivity index (χ1v) is 12.3. The maximum absolute atomic E-state index is 6.07. The fourth-order valence-electron chi connectivity index (χ4n) is 4.11. The van der Waals surface area contributed by atoms with Gasteiger partial charge in [-0.2, -0.15) is 9.97 Å². The molecule has 0 saturated heterocycles. The van der Waals surface area contributed by atoms with Gasteiger partial charge in [-0.3, -0.25) is 0 Å². The molecular weight excluding hydrogens is 434 g/mol. The summed E-state index contributed by atoms with van der Waals surface area (Å²) in [6, 6.07) is 11.0. The molecule has 5 rings (SSSR count). The van der Waals surface area contributed by atoms with E-state index in [-0.39, 0.29) is 6.04 Å². The molecule has 0 aliphatic heterocycles. The summed E-state index contributed by atoms with van der Waals surface area (Å²) in [6.07, 6.45) is 5.94. The minimum atomic E-state index is 0.245. The molecule has 0 bridgehead atoms. The van der Waals surface area contributed by atoms with Crippen LogP contribution in [0.3, 0.4) is 0 Å². The molecule has 9 nitrogen and oxygen atoms in total. The molecule has 1 aromatic carbocycles. The van der Waals surface area contributed by atoms with Crippen LogP contribution < -0.4 is 16.4 Å². The van der Waals surface area contributed by atoms with Gasteiger partial charge in [-0.25, -0.2) is 4.98 Å². The standard InChI is InChI=1S/C23H29N9S/c1-14(2)32-13-26-19-20(25-12-18-30-31-22(33-18)15-6-4-3-5-7-15)28-23(29-21(19)32)27-17-10-8-16(24)9-11-17/h3-7,13-14,16-17H,8-12,24H2,1-2H3,(H2,25,27,28,29). The summed E-state index contributed by atoms with van der Waals surface area (Å²) < 4.78 is 2.07. The summed E-state index contributed by atoms with van der Waals surface area (Å²) in [7, 11) is 0. The Morgan fingerprint density at radius 2 is 1.88 bits per heavy atom. The number of aromatic nitrogens is 6. The lowest BCUT2D eigenvalue weighted by Gasteiger charge is -2.27. The lowest BCUT2D eigenvalue weighted by molar-refractivity contribution is 0.410. The molecule has 10 heteroatoms. The number of hydrogen-bond donors (Lipinski definition) is 3. The van der Waals surface area contributed by atoms with Crippen molar-refractivity contribution in [1.29, 1.82) is 0 Å². The highest BCUT2D eigenvalue weighted by Crippen LogP contribution is 2.27. The number of fused-ring (bicyclic) bond motifs is 1. The third kappa shape index (κ3) is 4.81. The number of anilines is 2. The Morgan fingerprint density at radius 1 is 1.09 bits per heavy atom. The number of rotatable bonds is 7. The zero-order valence-electron chi connectivity index (χ0n) is 18.9. The summed E-state index contributed by atoms with van der Waals surface area (Å²) in [5.74, 6) is 1.32. The van der Waals surface area contributed by atoms with Crippen molar-refractivity contribution in [1.82, 2.24) is 29.7 Å². The van der Waals surface area contributed by atoms with E-state index in [0.29, 0.717) is 30.4 Å². The number of imidazole rings is 1. The predicted molar refractivity (Wildman–Crippen MR) is 132 cm³/mol. The lowest BCUT2D eigenvalue weighted by atomic mass is 9.92. The third-order valence-corrected chi connectivity index (χ3v) is 6.95. The number of benzene rings is 1. The van der Waals surface area contributed by atoms with Crippen LogP contribution in [0.4, 0.5) is 11.8 Å². The number of nitrogens with two attached hydrogens (primary N) is 1. The molecule has 1 aliphatic carbocycles. The Kier molecular flexibility index (Phi) is 6.19. The topological polar surface area (TPSA) is 119 Å². The van der Waals surface area contributed by atoms with Gasteiger partial charge in [-0.15, -0.1) is 10.2 Å². The van der Waals surface area contributed by atoms with Gasteiger partial charge in [0.25, 0.3) is 0 Å². The van der Waals surface area contributed by atoms with Crippen LogP contribution in [0, 0.1) is 0 Å². The second-order valence-corrected chi connectivity index (χ2v) is 9.85. The molecule has 0 radical (unpaired) electrons. The van der Waals surface area contributed by atoms with E-state index >= 15 is 0 Å². The summed E-state index contributed by atoms with van der Waals surface area (Å²) in [6.45, 7) is 4.76. The highest BCUT2D eigenvalue weighted by Gasteiger charge is 2.21. The molecule has 3 heterocycles. The first-order valence-electron chi connectivity index (χ1n) is 11.4. The van der Waals surface area contributed by atoms with Gasteiger partial charge in [0, 0.05) is 23.7 Å². The zero-order valence-corrected chi connectivity index (χ0v) is 19.7. The molecule has 1 fully saturated rings. The number of nitrogens with one attached hydrogen (secondary N) is 2. The van der Waals surface area contributed by atoms with Crippen LogP contribution in [0.1, 0.15) is 50.6 Å². The Balaban J connectivity index is 1.39. The average Bonchev–Trinajstić information content (AvgIpc) is 3.47. The molecule has 0 atom stereocenters. The highest BCUT2D eigenvalue weighted by atomic mass is 32.1. The van der Waals surface area contributed by atoms with E-state index in [0.717, 1.165) is 52.4 Å². The Labute approximate surface area is 196 Å². The smallest absolute Gasteiger partial charge is 0.227 e. The quantitative estimate of drug-likeness (QED) is 0.373. The first kappa shape index (κ1) is 21.7. The van der Waals surface area contributed by atoms with E-state index in [9.17, 15) is 0 Å². The number of nitrogens with zero attached hydrogens (tertiary/aromatic N) is 6. The molecule has 33 heavy (non-hydrogen) atoms. The lowest BCUT2D eigenvalue weighted by Crippen LogP contribution is -2.33. The van der Waals surface area contributed by atoms with E-state index < -0.39 is 0 Å². The predicted octanol–water partition coefficient (Wildman–Crippen LogP) is 4.22. The Morgan fingerprint density at radius 3 is 2.64 bits per heavy atom. The molecular formula is C23H29N9S. The normalized spacial score (nSPS) is 18.7. The summed E-state index contributed by atoms with van der Waals surface area (Å²) >= 11 is 1.57. The van der Waals surface area contributed by atoms with Crippen LogP contribution in [0.25, 0.3) is 21.7 Å². The molecule has 3 aromatic heterocycles. The SMILES string of the molecule is CC(C)n1cnc2c(NCc3nnc(-c4ccccc4)s3)nc(NC3CCC(N)CC3)nc21. The van der Waals surface area contributed by atoms with Crippen molar-refractivity contribution < 1.29 is 0 Å². The molecule has 0 spiro atoms.